The second-order valence-corrected chi connectivity index (χ2v) is 6.87. The number of amides is 1. The van der Waals surface area contributed by atoms with Crippen LogP contribution in [-0.4, -0.2) is 29.2 Å². The minimum Gasteiger partial charge on any atom is -0.351 e. The van der Waals surface area contributed by atoms with Crippen LogP contribution in [0.25, 0.3) is 0 Å². The van der Waals surface area contributed by atoms with Gasteiger partial charge in [0.05, 0.1) is 11.6 Å². The zero-order chi connectivity index (χ0) is 13.6. The van der Waals surface area contributed by atoms with E-state index in [1.165, 1.54) is 0 Å². The van der Waals surface area contributed by atoms with Gasteiger partial charge in [0.1, 0.15) is 0 Å². The fraction of sp³-hybridized carbons (Fsp3) is 0.538. The summed E-state index contributed by atoms with van der Waals surface area (Å²) in [6.07, 6.45) is 1.79. The van der Waals surface area contributed by atoms with Crippen molar-refractivity contribution in [2.45, 2.75) is 37.1 Å². The summed E-state index contributed by atoms with van der Waals surface area (Å²) in [5.41, 5.74) is 1.07. The Morgan fingerprint density at radius 2 is 2.17 bits per heavy atom. The lowest BCUT2D eigenvalue weighted by Crippen LogP contribution is -2.31. The highest BCUT2D eigenvalue weighted by atomic mass is 32.2. The van der Waals surface area contributed by atoms with Crippen molar-refractivity contribution in [2.75, 3.05) is 13.6 Å². The standard InChI is InChI=1S/C13H21N3OS/c1-13(2,3)18-12-7-10(5-6-15-12)8-16-11(17)9-14-4/h5-7,14H,8-9H2,1-4H3,(H,16,17). The average Bonchev–Trinajstić information content (AvgIpc) is 2.25. The number of aromatic nitrogens is 1. The first-order chi connectivity index (χ1) is 8.40. The van der Waals surface area contributed by atoms with Crippen molar-refractivity contribution in [1.82, 2.24) is 15.6 Å². The van der Waals surface area contributed by atoms with Gasteiger partial charge >= 0.3 is 0 Å². The molecule has 0 saturated heterocycles. The molecule has 1 amide bonds. The number of nitrogens with one attached hydrogen (secondary N) is 2. The van der Waals surface area contributed by atoms with E-state index in [9.17, 15) is 4.79 Å². The molecule has 18 heavy (non-hydrogen) atoms. The minimum absolute atomic E-state index is 0.000614. The predicted molar refractivity (Wildman–Crippen MR) is 75.6 cm³/mol. The first-order valence-corrected chi connectivity index (χ1v) is 6.77. The molecule has 1 rings (SSSR count). The zero-order valence-corrected chi connectivity index (χ0v) is 12.2. The molecule has 0 bridgehead atoms. The van der Waals surface area contributed by atoms with E-state index in [1.54, 1.807) is 25.0 Å². The molecule has 100 valence electrons. The van der Waals surface area contributed by atoms with E-state index >= 15 is 0 Å². The van der Waals surface area contributed by atoms with E-state index in [0.29, 0.717) is 13.1 Å². The molecule has 0 radical (unpaired) electrons. The van der Waals surface area contributed by atoms with E-state index in [2.05, 4.69) is 36.4 Å². The van der Waals surface area contributed by atoms with Gasteiger partial charge in [-0.3, -0.25) is 4.79 Å². The van der Waals surface area contributed by atoms with Crippen LogP contribution in [0.4, 0.5) is 0 Å². The first kappa shape index (κ1) is 15.0. The molecule has 0 unspecified atom stereocenters. The van der Waals surface area contributed by atoms with Gasteiger partial charge in [0, 0.05) is 17.5 Å². The Bertz CT molecular complexity index is 401. The number of thioether (sulfide) groups is 1. The largest absolute Gasteiger partial charge is 0.351 e. The quantitative estimate of drug-likeness (QED) is 0.799. The van der Waals surface area contributed by atoms with Crippen molar-refractivity contribution >= 4 is 17.7 Å². The molecule has 0 saturated carbocycles. The lowest BCUT2D eigenvalue weighted by Gasteiger charge is -2.17. The summed E-state index contributed by atoms with van der Waals surface area (Å²) >= 11 is 1.72. The summed E-state index contributed by atoms with van der Waals surface area (Å²) in [4.78, 5) is 15.7. The smallest absolute Gasteiger partial charge is 0.234 e. The average molecular weight is 267 g/mol. The molecule has 5 heteroatoms. The van der Waals surface area contributed by atoms with Gasteiger partial charge in [0.2, 0.25) is 5.91 Å². The van der Waals surface area contributed by atoms with E-state index in [0.717, 1.165) is 10.6 Å². The summed E-state index contributed by atoms with van der Waals surface area (Å²) in [5, 5.41) is 6.66. The van der Waals surface area contributed by atoms with Gasteiger partial charge in [-0.05, 0) is 24.7 Å². The van der Waals surface area contributed by atoms with Crippen molar-refractivity contribution in [2.24, 2.45) is 0 Å². The lowest BCUT2D eigenvalue weighted by atomic mass is 10.2. The van der Waals surface area contributed by atoms with Crippen molar-refractivity contribution in [3.05, 3.63) is 23.9 Å². The molecule has 1 heterocycles. The summed E-state index contributed by atoms with van der Waals surface area (Å²) in [5.74, 6) is -0.000614. The van der Waals surface area contributed by atoms with Gasteiger partial charge in [-0.1, -0.05) is 20.8 Å². The number of carbonyl (C=O) groups is 1. The Hall–Kier alpha value is -1.07. The molecule has 1 aromatic heterocycles. The fourth-order valence-electron chi connectivity index (χ4n) is 1.35. The molecule has 0 fully saturated rings. The normalized spacial score (nSPS) is 11.3. The van der Waals surface area contributed by atoms with Gasteiger partial charge < -0.3 is 10.6 Å². The fourth-order valence-corrected chi connectivity index (χ4v) is 2.30. The predicted octanol–water partition coefficient (Wildman–Crippen LogP) is 1.81. The van der Waals surface area contributed by atoms with Crippen LogP contribution < -0.4 is 10.6 Å². The Kier molecular flexibility index (Phi) is 5.62. The van der Waals surface area contributed by atoms with E-state index in [1.807, 2.05) is 12.1 Å². The molecule has 0 aliphatic carbocycles. The highest BCUT2D eigenvalue weighted by Gasteiger charge is 2.13. The molecule has 4 nitrogen and oxygen atoms in total. The molecule has 1 aromatic rings. The van der Waals surface area contributed by atoms with Gasteiger partial charge in [-0.15, -0.1) is 11.8 Å². The lowest BCUT2D eigenvalue weighted by molar-refractivity contribution is -0.120. The van der Waals surface area contributed by atoms with Gasteiger partial charge in [0.25, 0.3) is 0 Å². The maximum atomic E-state index is 11.3. The van der Waals surface area contributed by atoms with Crippen molar-refractivity contribution in [3.8, 4) is 0 Å². The number of pyridine rings is 1. The maximum absolute atomic E-state index is 11.3. The molecule has 0 spiro atoms. The van der Waals surface area contributed by atoms with Crippen LogP contribution in [0, 0.1) is 0 Å². The summed E-state index contributed by atoms with van der Waals surface area (Å²) < 4.78 is 0.140. The van der Waals surface area contributed by atoms with Crippen LogP contribution in [0.2, 0.25) is 0 Å². The number of rotatable bonds is 5. The number of hydrogen-bond acceptors (Lipinski definition) is 4. The first-order valence-electron chi connectivity index (χ1n) is 5.96. The van der Waals surface area contributed by atoms with E-state index in [-0.39, 0.29) is 10.7 Å². The van der Waals surface area contributed by atoms with Crippen LogP contribution in [0.3, 0.4) is 0 Å². The Balaban J connectivity index is 2.57. The summed E-state index contributed by atoms with van der Waals surface area (Å²) in [6, 6.07) is 3.95. The van der Waals surface area contributed by atoms with Crippen LogP contribution in [-0.2, 0) is 11.3 Å². The minimum atomic E-state index is -0.000614. The van der Waals surface area contributed by atoms with Crippen LogP contribution in [0.1, 0.15) is 26.3 Å². The van der Waals surface area contributed by atoms with E-state index < -0.39 is 0 Å². The zero-order valence-electron chi connectivity index (χ0n) is 11.4. The van der Waals surface area contributed by atoms with Crippen LogP contribution in [0.15, 0.2) is 23.4 Å². The van der Waals surface area contributed by atoms with Crippen LogP contribution in [0.5, 0.6) is 0 Å². The summed E-state index contributed by atoms with van der Waals surface area (Å²) in [6.45, 7) is 7.34. The monoisotopic (exact) mass is 267 g/mol. The number of carbonyl (C=O) groups excluding carboxylic acids is 1. The highest BCUT2D eigenvalue weighted by molar-refractivity contribution is 8.00. The molecular formula is C13H21N3OS. The van der Waals surface area contributed by atoms with Gasteiger partial charge in [-0.25, -0.2) is 4.98 Å². The molecule has 0 aromatic carbocycles. The number of hydrogen-bond donors (Lipinski definition) is 2. The SMILES string of the molecule is CNCC(=O)NCc1ccnc(SC(C)(C)C)c1. The molecule has 0 atom stereocenters. The van der Waals surface area contributed by atoms with Gasteiger partial charge in [0.15, 0.2) is 0 Å². The third kappa shape index (κ3) is 6.02. The maximum Gasteiger partial charge on any atom is 0.234 e. The summed E-state index contributed by atoms with van der Waals surface area (Å²) in [7, 11) is 1.75. The highest BCUT2D eigenvalue weighted by Crippen LogP contribution is 2.30. The Labute approximate surface area is 113 Å². The molecule has 0 aliphatic rings. The van der Waals surface area contributed by atoms with Crippen molar-refractivity contribution < 1.29 is 4.79 Å². The van der Waals surface area contributed by atoms with E-state index in [4.69, 9.17) is 0 Å². The second-order valence-electron chi connectivity index (χ2n) is 5.02. The topological polar surface area (TPSA) is 54.0 Å². The second kappa shape index (κ2) is 6.75. The Morgan fingerprint density at radius 1 is 1.44 bits per heavy atom. The third-order valence-corrected chi connectivity index (χ3v) is 3.08. The van der Waals surface area contributed by atoms with Crippen molar-refractivity contribution in [1.29, 1.82) is 0 Å². The van der Waals surface area contributed by atoms with Gasteiger partial charge in [-0.2, -0.15) is 0 Å². The molecule has 2 N–H and O–H groups in total. The third-order valence-electron chi connectivity index (χ3n) is 2.04. The van der Waals surface area contributed by atoms with Crippen molar-refractivity contribution in [3.63, 3.8) is 0 Å². The van der Waals surface area contributed by atoms with Crippen LogP contribution >= 0.6 is 11.8 Å². The molecular weight excluding hydrogens is 246 g/mol. The Morgan fingerprint density at radius 3 is 2.78 bits per heavy atom. The molecule has 0 aliphatic heterocycles. The number of likely N-dealkylation sites (N-methyl/N-ethyl adjacent to an activating group) is 1. The number of nitrogens with zero attached hydrogens (tertiary/aromatic N) is 1.